The lowest BCUT2D eigenvalue weighted by Crippen LogP contribution is -2.31. The van der Waals surface area contributed by atoms with Crippen molar-refractivity contribution in [3.8, 4) is 0 Å². The van der Waals surface area contributed by atoms with E-state index in [2.05, 4.69) is 50.8 Å². The first-order valence-corrected chi connectivity index (χ1v) is 7.12. The quantitative estimate of drug-likeness (QED) is 0.796. The topological polar surface area (TPSA) is 43.7 Å². The van der Waals surface area contributed by atoms with Crippen LogP contribution in [-0.2, 0) is 0 Å². The van der Waals surface area contributed by atoms with Crippen LogP contribution < -0.4 is 4.90 Å². The molecule has 2 N–H and O–H groups in total. The maximum absolute atomic E-state index is 9.21. The van der Waals surface area contributed by atoms with Crippen molar-refractivity contribution in [2.24, 2.45) is 0 Å². The van der Waals surface area contributed by atoms with Gasteiger partial charge in [-0.1, -0.05) is 39.8 Å². The maximum atomic E-state index is 9.21. The van der Waals surface area contributed by atoms with Gasteiger partial charge in [0.15, 0.2) is 0 Å². The Bertz CT molecular complexity index is 382. The number of hydrogen-bond acceptors (Lipinski definition) is 3. The Morgan fingerprint density at radius 1 is 0.947 bits per heavy atom. The van der Waals surface area contributed by atoms with Crippen LogP contribution in [0, 0.1) is 0 Å². The Labute approximate surface area is 116 Å². The second-order valence-corrected chi connectivity index (χ2v) is 5.52. The monoisotopic (exact) mass is 265 g/mol. The van der Waals surface area contributed by atoms with Gasteiger partial charge < -0.3 is 15.1 Å². The van der Waals surface area contributed by atoms with E-state index in [-0.39, 0.29) is 13.2 Å². The number of benzene rings is 1. The van der Waals surface area contributed by atoms with Crippen LogP contribution >= 0.6 is 0 Å². The maximum Gasteiger partial charge on any atom is 0.0606 e. The number of hydrogen-bond donors (Lipinski definition) is 2. The average molecular weight is 265 g/mol. The van der Waals surface area contributed by atoms with Gasteiger partial charge in [-0.25, -0.2) is 0 Å². The summed E-state index contributed by atoms with van der Waals surface area (Å²) in [5, 5.41) is 18.4. The van der Waals surface area contributed by atoms with E-state index in [0.29, 0.717) is 24.9 Å². The van der Waals surface area contributed by atoms with Crippen molar-refractivity contribution < 1.29 is 10.2 Å². The van der Waals surface area contributed by atoms with E-state index in [1.165, 1.54) is 11.1 Å². The van der Waals surface area contributed by atoms with Crippen LogP contribution in [0.5, 0.6) is 0 Å². The summed E-state index contributed by atoms with van der Waals surface area (Å²) in [6.45, 7) is 10.1. The molecule has 0 atom stereocenters. The van der Waals surface area contributed by atoms with Crippen LogP contribution in [0.2, 0.25) is 0 Å². The molecule has 3 heteroatoms. The molecule has 0 aromatic heterocycles. The van der Waals surface area contributed by atoms with E-state index in [1.807, 2.05) is 0 Å². The zero-order valence-corrected chi connectivity index (χ0v) is 12.6. The standard InChI is InChI=1S/C16H27NO2/c1-12(2)14-6-5-7-15(16(14)13(3)4)17(8-10-18)9-11-19/h5-7,12-13,18-19H,8-11H2,1-4H3. The van der Waals surface area contributed by atoms with Crippen molar-refractivity contribution in [2.75, 3.05) is 31.2 Å². The van der Waals surface area contributed by atoms with Gasteiger partial charge in [0.25, 0.3) is 0 Å². The van der Waals surface area contributed by atoms with Crippen molar-refractivity contribution >= 4 is 5.69 Å². The summed E-state index contributed by atoms with van der Waals surface area (Å²) < 4.78 is 0. The molecule has 0 heterocycles. The van der Waals surface area contributed by atoms with Crippen LogP contribution in [0.1, 0.15) is 50.7 Å². The Hall–Kier alpha value is -1.06. The predicted molar refractivity (Wildman–Crippen MR) is 81.0 cm³/mol. The summed E-state index contributed by atoms with van der Waals surface area (Å²) in [6.07, 6.45) is 0. The Morgan fingerprint density at radius 2 is 1.53 bits per heavy atom. The van der Waals surface area contributed by atoms with Gasteiger partial charge in [-0.2, -0.15) is 0 Å². The molecule has 0 saturated heterocycles. The largest absolute Gasteiger partial charge is 0.395 e. The molecule has 0 aliphatic heterocycles. The van der Waals surface area contributed by atoms with Gasteiger partial charge in [0, 0.05) is 18.8 Å². The fourth-order valence-electron chi connectivity index (χ4n) is 2.57. The predicted octanol–water partition coefficient (Wildman–Crippen LogP) is 2.72. The first kappa shape index (κ1) is 16.0. The zero-order chi connectivity index (χ0) is 14.4. The molecule has 0 spiro atoms. The Balaban J connectivity index is 3.27. The number of nitrogens with zero attached hydrogens (tertiary/aromatic N) is 1. The van der Waals surface area contributed by atoms with Crippen molar-refractivity contribution in [3.05, 3.63) is 29.3 Å². The Kier molecular flexibility index (Phi) is 6.32. The van der Waals surface area contributed by atoms with Crippen molar-refractivity contribution in [1.82, 2.24) is 0 Å². The van der Waals surface area contributed by atoms with Crippen LogP contribution in [0.25, 0.3) is 0 Å². The van der Waals surface area contributed by atoms with Gasteiger partial charge >= 0.3 is 0 Å². The van der Waals surface area contributed by atoms with Gasteiger partial charge in [0.05, 0.1) is 13.2 Å². The van der Waals surface area contributed by atoms with E-state index in [1.54, 1.807) is 0 Å². The highest BCUT2D eigenvalue weighted by atomic mass is 16.3. The third-order valence-corrected chi connectivity index (χ3v) is 3.40. The van der Waals surface area contributed by atoms with E-state index in [9.17, 15) is 10.2 Å². The molecule has 0 radical (unpaired) electrons. The SMILES string of the molecule is CC(C)c1cccc(N(CCO)CCO)c1C(C)C. The fraction of sp³-hybridized carbons (Fsp3) is 0.625. The van der Waals surface area contributed by atoms with E-state index in [4.69, 9.17) is 0 Å². The van der Waals surface area contributed by atoms with Gasteiger partial charge in [0.2, 0.25) is 0 Å². The van der Waals surface area contributed by atoms with Crippen LogP contribution in [-0.4, -0.2) is 36.5 Å². The third-order valence-electron chi connectivity index (χ3n) is 3.40. The van der Waals surface area contributed by atoms with E-state index >= 15 is 0 Å². The molecular formula is C16H27NO2. The molecule has 0 fully saturated rings. The summed E-state index contributed by atoms with van der Waals surface area (Å²) >= 11 is 0. The molecule has 0 aliphatic carbocycles. The van der Waals surface area contributed by atoms with Gasteiger partial charge in [-0.3, -0.25) is 0 Å². The normalized spacial score (nSPS) is 11.4. The molecule has 0 bridgehead atoms. The second-order valence-electron chi connectivity index (χ2n) is 5.52. The molecule has 0 saturated carbocycles. The number of aliphatic hydroxyl groups is 2. The van der Waals surface area contributed by atoms with Crippen molar-refractivity contribution in [1.29, 1.82) is 0 Å². The highest BCUT2D eigenvalue weighted by Crippen LogP contribution is 2.34. The van der Waals surface area contributed by atoms with Crippen LogP contribution in [0.15, 0.2) is 18.2 Å². The lowest BCUT2D eigenvalue weighted by molar-refractivity contribution is 0.281. The molecule has 108 valence electrons. The minimum absolute atomic E-state index is 0.101. The lowest BCUT2D eigenvalue weighted by Gasteiger charge is -2.29. The van der Waals surface area contributed by atoms with Gasteiger partial charge in [-0.15, -0.1) is 0 Å². The average Bonchev–Trinajstić information content (AvgIpc) is 2.37. The highest BCUT2D eigenvalue weighted by molar-refractivity contribution is 5.59. The summed E-state index contributed by atoms with van der Waals surface area (Å²) in [5.41, 5.74) is 3.83. The Morgan fingerprint density at radius 3 is 1.95 bits per heavy atom. The summed E-state index contributed by atoms with van der Waals surface area (Å²) in [4.78, 5) is 2.07. The second kappa shape index (κ2) is 7.51. The minimum atomic E-state index is 0.101. The molecular weight excluding hydrogens is 238 g/mol. The smallest absolute Gasteiger partial charge is 0.0606 e. The lowest BCUT2D eigenvalue weighted by atomic mass is 9.89. The van der Waals surface area contributed by atoms with Crippen LogP contribution in [0.3, 0.4) is 0 Å². The molecule has 1 aromatic carbocycles. The molecule has 0 amide bonds. The van der Waals surface area contributed by atoms with Crippen LogP contribution in [0.4, 0.5) is 5.69 Å². The van der Waals surface area contributed by atoms with Crippen molar-refractivity contribution in [3.63, 3.8) is 0 Å². The highest BCUT2D eigenvalue weighted by Gasteiger charge is 2.17. The third kappa shape index (κ3) is 3.95. The number of aliphatic hydroxyl groups excluding tert-OH is 2. The molecule has 3 nitrogen and oxygen atoms in total. The van der Waals surface area contributed by atoms with Crippen molar-refractivity contribution in [2.45, 2.75) is 39.5 Å². The summed E-state index contributed by atoms with van der Waals surface area (Å²) in [5.74, 6) is 0.899. The number of anilines is 1. The molecule has 1 aromatic rings. The van der Waals surface area contributed by atoms with Gasteiger partial charge in [0.1, 0.15) is 0 Å². The molecule has 19 heavy (non-hydrogen) atoms. The first-order chi connectivity index (χ1) is 9.02. The molecule has 0 unspecified atom stereocenters. The van der Waals surface area contributed by atoms with E-state index < -0.39 is 0 Å². The summed E-state index contributed by atoms with van der Waals surface area (Å²) in [6, 6.07) is 6.34. The minimum Gasteiger partial charge on any atom is -0.395 e. The fourth-order valence-corrected chi connectivity index (χ4v) is 2.57. The van der Waals surface area contributed by atoms with Gasteiger partial charge in [-0.05, 0) is 29.0 Å². The first-order valence-electron chi connectivity index (χ1n) is 7.12. The zero-order valence-electron chi connectivity index (χ0n) is 12.6. The number of rotatable bonds is 7. The summed E-state index contributed by atoms with van der Waals surface area (Å²) in [7, 11) is 0. The molecule has 1 rings (SSSR count). The molecule has 0 aliphatic rings. The van der Waals surface area contributed by atoms with E-state index in [0.717, 1.165) is 5.69 Å².